The summed E-state index contributed by atoms with van der Waals surface area (Å²) in [6.07, 6.45) is 1.21. The molecule has 0 saturated heterocycles. The van der Waals surface area contributed by atoms with Crippen LogP contribution in [0.2, 0.25) is 5.15 Å². The van der Waals surface area contributed by atoms with Gasteiger partial charge in [0.15, 0.2) is 11.6 Å². The predicted molar refractivity (Wildman–Crippen MR) is 67.6 cm³/mol. The first-order valence-corrected chi connectivity index (χ1v) is 6.00. The molecule has 0 aliphatic carbocycles. The SMILES string of the molecule is CC(C)c1c(Cl)ncnc1Oc1cccc(F)c1F. The molecule has 0 fully saturated rings. The molecule has 6 heteroatoms. The molecule has 0 N–H and O–H groups in total. The van der Waals surface area contributed by atoms with E-state index >= 15 is 0 Å². The molecule has 0 atom stereocenters. The summed E-state index contributed by atoms with van der Waals surface area (Å²) in [4.78, 5) is 7.77. The molecule has 2 aromatic rings. The zero-order chi connectivity index (χ0) is 14.0. The maximum Gasteiger partial charge on any atom is 0.227 e. The molecule has 0 unspecified atom stereocenters. The third kappa shape index (κ3) is 2.81. The second-order valence-corrected chi connectivity index (χ2v) is 4.55. The summed E-state index contributed by atoms with van der Waals surface area (Å²) in [6, 6.07) is 3.68. The van der Waals surface area contributed by atoms with Crippen LogP contribution in [-0.4, -0.2) is 9.97 Å². The van der Waals surface area contributed by atoms with Crippen LogP contribution in [0.5, 0.6) is 11.6 Å². The molecule has 2 rings (SSSR count). The van der Waals surface area contributed by atoms with E-state index in [0.717, 1.165) is 6.07 Å². The normalized spacial score (nSPS) is 10.8. The molecule has 0 saturated carbocycles. The second-order valence-electron chi connectivity index (χ2n) is 4.19. The zero-order valence-corrected chi connectivity index (χ0v) is 11.1. The summed E-state index contributed by atoms with van der Waals surface area (Å²) in [6.45, 7) is 3.75. The number of halogens is 3. The fourth-order valence-electron chi connectivity index (χ4n) is 1.59. The van der Waals surface area contributed by atoms with Crippen LogP contribution in [0.25, 0.3) is 0 Å². The average molecular weight is 285 g/mol. The van der Waals surface area contributed by atoms with Gasteiger partial charge < -0.3 is 4.74 Å². The van der Waals surface area contributed by atoms with Gasteiger partial charge in [0.05, 0.1) is 5.56 Å². The smallest absolute Gasteiger partial charge is 0.227 e. The Labute approximate surface area is 114 Å². The van der Waals surface area contributed by atoms with Gasteiger partial charge in [-0.25, -0.2) is 14.4 Å². The van der Waals surface area contributed by atoms with E-state index in [0.29, 0.717) is 5.56 Å². The highest BCUT2D eigenvalue weighted by Crippen LogP contribution is 2.33. The zero-order valence-electron chi connectivity index (χ0n) is 10.3. The number of nitrogens with zero attached hydrogens (tertiary/aromatic N) is 2. The summed E-state index contributed by atoms with van der Waals surface area (Å²) in [5.74, 6) is -2.17. The van der Waals surface area contributed by atoms with Crippen LogP contribution in [0, 0.1) is 11.6 Å². The number of hydrogen-bond acceptors (Lipinski definition) is 3. The minimum absolute atomic E-state index is 0.0136. The summed E-state index contributed by atoms with van der Waals surface area (Å²) in [5, 5.41) is 0.233. The number of hydrogen-bond donors (Lipinski definition) is 0. The third-order valence-electron chi connectivity index (χ3n) is 2.50. The largest absolute Gasteiger partial charge is 0.435 e. The van der Waals surface area contributed by atoms with E-state index in [1.165, 1.54) is 18.5 Å². The summed E-state index contributed by atoms with van der Waals surface area (Å²) >= 11 is 5.96. The Bertz CT molecular complexity index is 605. The van der Waals surface area contributed by atoms with Gasteiger partial charge in [-0.3, -0.25) is 0 Å². The lowest BCUT2D eigenvalue weighted by Crippen LogP contribution is -2.01. The van der Waals surface area contributed by atoms with Crippen molar-refractivity contribution in [1.82, 2.24) is 9.97 Å². The van der Waals surface area contributed by atoms with Crippen molar-refractivity contribution in [2.24, 2.45) is 0 Å². The molecule has 0 aliphatic heterocycles. The highest BCUT2D eigenvalue weighted by atomic mass is 35.5. The predicted octanol–water partition coefficient (Wildman–Crippen LogP) is 4.32. The van der Waals surface area contributed by atoms with E-state index in [1.807, 2.05) is 13.8 Å². The van der Waals surface area contributed by atoms with Crippen LogP contribution in [-0.2, 0) is 0 Å². The van der Waals surface area contributed by atoms with Crippen molar-refractivity contribution < 1.29 is 13.5 Å². The molecule has 0 bridgehead atoms. The number of aromatic nitrogens is 2. The van der Waals surface area contributed by atoms with Crippen molar-refractivity contribution in [2.75, 3.05) is 0 Å². The third-order valence-corrected chi connectivity index (χ3v) is 2.80. The summed E-state index contributed by atoms with van der Waals surface area (Å²) < 4.78 is 32.0. The van der Waals surface area contributed by atoms with Crippen molar-refractivity contribution in [3.8, 4) is 11.6 Å². The Balaban J connectivity index is 2.44. The van der Waals surface area contributed by atoms with Crippen molar-refractivity contribution in [1.29, 1.82) is 0 Å². The summed E-state index contributed by atoms with van der Waals surface area (Å²) in [7, 11) is 0. The quantitative estimate of drug-likeness (QED) is 0.787. The van der Waals surface area contributed by atoms with E-state index in [9.17, 15) is 8.78 Å². The molecule has 3 nitrogen and oxygen atoms in total. The van der Waals surface area contributed by atoms with Gasteiger partial charge in [0, 0.05) is 0 Å². The molecule has 0 amide bonds. The van der Waals surface area contributed by atoms with Gasteiger partial charge in [-0.2, -0.15) is 4.39 Å². The Hall–Kier alpha value is -1.75. The first kappa shape index (κ1) is 13.7. The lowest BCUT2D eigenvalue weighted by Gasteiger charge is -2.13. The van der Waals surface area contributed by atoms with Crippen LogP contribution < -0.4 is 4.74 Å². The molecular formula is C13H11ClF2N2O. The molecule has 1 aromatic carbocycles. The fourth-order valence-corrected chi connectivity index (χ4v) is 1.94. The van der Waals surface area contributed by atoms with Crippen molar-refractivity contribution in [3.05, 3.63) is 46.9 Å². The maximum atomic E-state index is 13.5. The van der Waals surface area contributed by atoms with E-state index in [4.69, 9.17) is 16.3 Å². The first-order chi connectivity index (χ1) is 9.00. The molecule has 0 aliphatic rings. The van der Waals surface area contributed by atoms with Crippen LogP contribution >= 0.6 is 11.6 Å². The summed E-state index contributed by atoms with van der Waals surface area (Å²) in [5.41, 5.74) is 0.549. The van der Waals surface area contributed by atoms with Gasteiger partial charge in [0.25, 0.3) is 0 Å². The Kier molecular flexibility index (Phi) is 3.95. The monoisotopic (exact) mass is 284 g/mol. The lowest BCUT2D eigenvalue weighted by molar-refractivity contribution is 0.399. The van der Waals surface area contributed by atoms with Gasteiger partial charge in [0.1, 0.15) is 11.5 Å². The molecule has 19 heavy (non-hydrogen) atoms. The highest BCUT2D eigenvalue weighted by molar-refractivity contribution is 6.30. The fraction of sp³-hybridized carbons (Fsp3) is 0.231. The topological polar surface area (TPSA) is 35.0 Å². The Morgan fingerprint density at radius 3 is 2.63 bits per heavy atom. The van der Waals surface area contributed by atoms with E-state index < -0.39 is 11.6 Å². The molecule has 1 aromatic heterocycles. The number of rotatable bonds is 3. The first-order valence-electron chi connectivity index (χ1n) is 5.63. The highest BCUT2D eigenvalue weighted by Gasteiger charge is 2.17. The van der Waals surface area contributed by atoms with E-state index in [1.54, 1.807) is 0 Å². The molecule has 100 valence electrons. The van der Waals surface area contributed by atoms with Crippen LogP contribution in [0.4, 0.5) is 8.78 Å². The minimum atomic E-state index is -1.06. The van der Waals surface area contributed by atoms with Crippen LogP contribution in [0.1, 0.15) is 25.3 Å². The molecule has 0 spiro atoms. The Morgan fingerprint density at radius 2 is 1.95 bits per heavy atom. The van der Waals surface area contributed by atoms with Crippen LogP contribution in [0.15, 0.2) is 24.5 Å². The maximum absolute atomic E-state index is 13.5. The van der Waals surface area contributed by atoms with Gasteiger partial charge in [0.2, 0.25) is 11.7 Å². The van der Waals surface area contributed by atoms with Crippen molar-refractivity contribution >= 4 is 11.6 Å². The van der Waals surface area contributed by atoms with Crippen LogP contribution in [0.3, 0.4) is 0 Å². The van der Waals surface area contributed by atoms with Gasteiger partial charge in [-0.05, 0) is 18.1 Å². The Morgan fingerprint density at radius 1 is 1.21 bits per heavy atom. The minimum Gasteiger partial charge on any atom is -0.435 e. The van der Waals surface area contributed by atoms with Gasteiger partial charge >= 0.3 is 0 Å². The van der Waals surface area contributed by atoms with Gasteiger partial charge in [-0.15, -0.1) is 0 Å². The average Bonchev–Trinajstić information content (AvgIpc) is 2.34. The molecule has 0 radical (unpaired) electrons. The van der Waals surface area contributed by atoms with Crippen molar-refractivity contribution in [2.45, 2.75) is 19.8 Å². The number of benzene rings is 1. The number of ether oxygens (including phenoxy) is 1. The lowest BCUT2D eigenvalue weighted by atomic mass is 10.1. The van der Waals surface area contributed by atoms with E-state index in [2.05, 4.69) is 9.97 Å². The standard InChI is InChI=1S/C13H11ClF2N2O/c1-7(2)10-12(14)17-6-18-13(10)19-9-5-3-4-8(15)11(9)16/h3-7H,1-2H3. The molecular weight excluding hydrogens is 274 g/mol. The second kappa shape index (κ2) is 5.48. The van der Waals surface area contributed by atoms with E-state index in [-0.39, 0.29) is 22.7 Å². The van der Waals surface area contributed by atoms with Gasteiger partial charge in [-0.1, -0.05) is 31.5 Å². The van der Waals surface area contributed by atoms with Crippen molar-refractivity contribution in [3.63, 3.8) is 0 Å². The molecule has 1 heterocycles.